The van der Waals surface area contributed by atoms with Crippen molar-refractivity contribution in [2.24, 2.45) is 5.73 Å². The van der Waals surface area contributed by atoms with E-state index in [1.165, 1.54) is 53.9 Å². The second-order valence-corrected chi connectivity index (χ2v) is 19.8. The number of aromatic carboxylic acids is 1. The van der Waals surface area contributed by atoms with E-state index in [1.54, 1.807) is 127 Å². The Morgan fingerprint density at radius 3 is 1.29 bits per heavy atom. The summed E-state index contributed by atoms with van der Waals surface area (Å²) in [5.41, 5.74) is 8.70. The minimum absolute atomic E-state index is 0. The highest BCUT2D eigenvalue weighted by molar-refractivity contribution is 5.89. The van der Waals surface area contributed by atoms with Gasteiger partial charge in [-0.05, 0) is 114 Å². The molecule has 5 heterocycles. The second-order valence-electron chi connectivity index (χ2n) is 19.8. The largest absolute Gasteiger partial charge is 0.477 e. The molecule has 5 aromatic heterocycles. The van der Waals surface area contributed by atoms with Crippen molar-refractivity contribution in [1.82, 2.24) is 18.3 Å². The number of hydrogen-bond donors (Lipinski definition) is 4. The summed E-state index contributed by atoms with van der Waals surface area (Å²) < 4.78 is 50.0. The number of rotatable bonds is 13. The summed E-state index contributed by atoms with van der Waals surface area (Å²) in [6.07, 6.45) is 12.4. The quantitative estimate of drug-likeness (QED) is 0.0920. The summed E-state index contributed by atoms with van der Waals surface area (Å²) in [5, 5.41) is 11.3. The van der Waals surface area contributed by atoms with E-state index < -0.39 is 40.8 Å². The number of ether oxygens (including phenoxy) is 8. The molecule has 6 N–H and O–H groups in total. The van der Waals surface area contributed by atoms with Gasteiger partial charge in [0.1, 0.15) is 28.0 Å². The standard InChI is InChI=1S/C14H20N2O4.C11H13NO4.C10H11NO4.C9H12N2O2.C7H6O4.C4H9NO.2ClH/c1-14(2,3)20-13(18)15-9-6-5-7-16(12(9)17)10-8-11(10)19-4;1-15-9-6-8(9)12-5-3-4-7(10(12)13)11(14)16-2;1-15-8-5-7(8)11-4-2-3-6(9(11)12)10(13)14;1-13-8-5-7(8)11-4-2-3-6(10)9(11)12;1-10-6(8)5-3-2-4-11-7(5)9;1-6-4-2-3(4)5;;/h5-7,10-11H,8H2,1-4H3,(H,15,18);3-5,8-9H,6H2,1-2H3;2-4,7-8H,5H2,1H3,(H,13,14);2-4,7-8H,5,10H2,1H3;2-4H,1H3;3-4H,2,5H2,1H3;2*1H/t10-,11-;8-,9-;2*7-,8-;;3-,4-;;/m0000.0../s1. The van der Waals surface area contributed by atoms with Crippen LogP contribution in [-0.4, -0.2) is 139 Å². The Hall–Kier alpha value is -7.43. The lowest BCUT2D eigenvalue weighted by Gasteiger charge is -2.19. The molecule has 0 bridgehead atoms. The number of aromatic nitrogens is 4. The van der Waals surface area contributed by atoms with Crippen LogP contribution in [0.25, 0.3) is 0 Å². The summed E-state index contributed by atoms with van der Waals surface area (Å²) in [4.78, 5) is 103. The van der Waals surface area contributed by atoms with Crippen molar-refractivity contribution in [2.45, 2.75) is 119 Å². The molecule has 10 atom stereocenters. The first-order valence-corrected chi connectivity index (χ1v) is 25.5. The van der Waals surface area contributed by atoms with Gasteiger partial charge in [-0.25, -0.2) is 24.0 Å². The first kappa shape index (κ1) is 69.8. The summed E-state index contributed by atoms with van der Waals surface area (Å²) in [6, 6.07) is 16.1. The highest BCUT2D eigenvalue weighted by Gasteiger charge is 2.42. The number of pyridine rings is 4. The van der Waals surface area contributed by atoms with Crippen molar-refractivity contribution in [3.8, 4) is 0 Å². The van der Waals surface area contributed by atoms with Gasteiger partial charge >= 0.3 is 29.6 Å². The maximum Gasteiger partial charge on any atom is 0.412 e. The number of nitrogens with one attached hydrogen (secondary N) is 1. The zero-order valence-corrected chi connectivity index (χ0v) is 49.2. The Morgan fingerprint density at radius 1 is 0.542 bits per heavy atom. The van der Waals surface area contributed by atoms with Gasteiger partial charge in [0, 0.05) is 66.4 Å². The third-order valence-electron chi connectivity index (χ3n) is 12.9. The predicted octanol–water partition coefficient (Wildman–Crippen LogP) is 4.65. The van der Waals surface area contributed by atoms with Crippen molar-refractivity contribution in [3.63, 3.8) is 0 Å². The molecule has 0 aliphatic heterocycles. The molecule has 5 aromatic rings. The van der Waals surface area contributed by atoms with Crippen molar-refractivity contribution in [3.05, 3.63) is 160 Å². The third kappa shape index (κ3) is 19.9. The molecule has 0 spiro atoms. The fourth-order valence-electron chi connectivity index (χ4n) is 7.95. The summed E-state index contributed by atoms with van der Waals surface area (Å²) in [6.45, 7) is 5.30. The number of hydrogen-bond acceptors (Lipinski definition) is 20. The number of anilines is 2. The van der Waals surface area contributed by atoms with Gasteiger partial charge in [-0.2, -0.15) is 0 Å². The zero-order valence-electron chi connectivity index (χ0n) is 47.5. The zero-order chi connectivity index (χ0) is 59.9. The SMILES string of the molecule is COC(=O)c1cccn([C@H]2C[C@@H]2OC)c1=O.COC(=O)c1cccoc1=O.CO[C@H]1C[C@@H]1N.CO[C@H]1C[C@@H]1n1cccc(C(=O)O)c1=O.CO[C@H]1C[C@@H]1n1cccc(N)c1=O.CO[C@H]1C[C@@H]1n1cccc(NC(=O)OC(C)(C)C)c1=O.Cl.Cl. The number of halogens is 2. The van der Waals surface area contributed by atoms with Crippen molar-refractivity contribution >= 4 is 60.2 Å². The Morgan fingerprint density at radius 2 is 0.916 bits per heavy atom. The fraction of sp³-hybridized carbons (Fsp3) is 0.473. The van der Waals surface area contributed by atoms with Gasteiger partial charge in [0.2, 0.25) is 0 Å². The molecule has 0 radical (unpaired) electrons. The molecule has 83 heavy (non-hydrogen) atoms. The molecular weight excluding hydrogens is 1130 g/mol. The van der Waals surface area contributed by atoms with Crippen LogP contribution < -0.4 is 44.6 Å². The topological polar surface area (TPSA) is 345 Å². The molecule has 5 saturated carbocycles. The van der Waals surface area contributed by atoms with Gasteiger partial charge in [0.15, 0.2) is 0 Å². The van der Waals surface area contributed by atoms with Crippen LogP contribution in [0.15, 0.2) is 120 Å². The molecule has 0 saturated heterocycles. The second kappa shape index (κ2) is 31.9. The number of nitrogen functional groups attached to an aromatic ring is 1. The molecular formula is C55H73Cl2N7O19. The van der Waals surface area contributed by atoms with Gasteiger partial charge < -0.3 is 77.2 Å². The van der Waals surface area contributed by atoms with Crippen LogP contribution in [0.5, 0.6) is 0 Å². The van der Waals surface area contributed by atoms with Crippen molar-refractivity contribution in [1.29, 1.82) is 0 Å². The lowest BCUT2D eigenvalue weighted by molar-refractivity contribution is 0.0587. The van der Waals surface area contributed by atoms with Crippen molar-refractivity contribution < 1.29 is 66.6 Å². The van der Waals surface area contributed by atoms with Crippen LogP contribution in [0.2, 0.25) is 0 Å². The first-order valence-electron chi connectivity index (χ1n) is 25.5. The summed E-state index contributed by atoms with van der Waals surface area (Å²) in [5.74, 6) is -2.47. The van der Waals surface area contributed by atoms with Gasteiger partial charge in [0.25, 0.3) is 22.2 Å². The van der Waals surface area contributed by atoms with Crippen molar-refractivity contribution in [2.75, 3.05) is 60.8 Å². The van der Waals surface area contributed by atoms with E-state index in [0.717, 1.165) is 32.1 Å². The number of carbonyl (C=O) groups excluding carboxylic acids is 3. The molecule has 5 fully saturated rings. The number of carboxylic acids is 1. The van der Waals surface area contributed by atoms with Gasteiger partial charge in [-0.15, -0.1) is 24.8 Å². The molecule has 26 nitrogen and oxygen atoms in total. The maximum absolute atomic E-state index is 12.3. The van der Waals surface area contributed by atoms with Crippen LogP contribution >= 0.6 is 24.8 Å². The highest BCUT2D eigenvalue weighted by Crippen LogP contribution is 2.39. The molecule has 1 amide bonds. The molecule has 5 aliphatic rings. The van der Waals surface area contributed by atoms with E-state index in [4.69, 9.17) is 45.0 Å². The number of methoxy groups -OCH3 is 7. The van der Waals surface area contributed by atoms with E-state index in [1.807, 2.05) is 0 Å². The third-order valence-corrected chi connectivity index (χ3v) is 12.9. The minimum Gasteiger partial charge on any atom is -0.477 e. The van der Waals surface area contributed by atoms with E-state index in [0.29, 0.717) is 17.8 Å². The van der Waals surface area contributed by atoms with Crippen LogP contribution in [0.3, 0.4) is 0 Å². The smallest absolute Gasteiger partial charge is 0.412 e. The fourth-order valence-corrected chi connectivity index (χ4v) is 7.95. The Bertz CT molecular complexity index is 3280. The van der Waals surface area contributed by atoms with Gasteiger partial charge in [-0.3, -0.25) is 24.5 Å². The summed E-state index contributed by atoms with van der Waals surface area (Å²) in [7, 11) is 10.6. The van der Waals surface area contributed by atoms with Crippen LogP contribution in [0.1, 0.15) is 108 Å². The number of carboxylic acid groups (broad SMARTS) is 1. The van der Waals surface area contributed by atoms with Gasteiger partial charge in [-0.1, -0.05) is 0 Å². The molecule has 456 valence electrons. The molecule has 10 rings (SSSR count). The summed E-state index contributed by atoms with van der Waals surface area (Å²) >= 11 is 0. The number of amides is 1. The Labute approximate surface area is 489 Å². The van der Waals surface area contributed by atoms with E-state index in [2.05, 4.69) is 19.2 Å². The number of carbonyl (C=O) groups is 4. The normalized spacial score (nSPS) is 22.3. The first-order chi connectivity index (χ1) is 38.5. The minimum atomic E-state index is -1.19. The van der Waals surface area contributed by atoms with Crippen LogP contribution in [0.4, 0.5) is 16.2 Å². The number of nitrogens with zero attached hydrogens (tertiary/aromatic N) is 4. The Balaban J connectivity index is 0.000000266. The molecule has 28 heteroatoms. The van der Waals surface area contributed by atoms with Crippen LogP contribution in [0, 0.1) is 0 Å². The average molecular weight is 1210 g/mol. The van der Waals surface area contributed by atoms with E-state index in [-0.39, 0.29) is 112 Å². The molecule has 0 unspecified atom stereocenters. The maximum atomic E-state index is 12.3. The number of esters is 2. The molecule has 5 aliphatic carbocycles. The monoisotopic (exact) mass is 1210 g/mol. The predicted molar refractivity (Wildman–Crippen MR) is 307 cm³/mol. The van der Waals surface area contributed by atoms with Crippen LogP contribution in [-0.2, 0) is 37.9 Å². The van der Waals surface area contributed by atoms with Gasteiger partial charge in [0.05, 0.1) is 80.9 Å². The van der Waals surface area contributed by atoms with E-state index >= 15 is 0 Å². The number of nitrogens with two attached hydrogens (primary N) is 2. The molecule has 0 aromatic carbocycles. The Kier molecular flexibility index (Phi) is 26.8. The lowest BCUT2D eigenvalue weighted by Crippen LogP contribution is -2.30. The average Bonchev–Trinajstić information content (AvgIpc) is 4.17. The van der Waals surface area contributed by atoms with E-state index in [9.17, 15) is 43.2 Å². The highest BCUT2D eigenvalue weighted by atomic mass is 35.5. The lowest BCUT2D eigenvalue weighted by atomic mass is 10.2.